The van der Waals surface area contributed by atoms with Crippen molar-refractivity contribution in [3.8, 4) is 17.2 Å². The van der Waals surface area contributed by atoms with E-state index in [2.05, 4.69) is 6.92 Å². The van der Waals surface area contributed by atoms with Gasteiger partial charge in [0.15, 0.2) is 16.7 Å². The maximum atomic E-state index is 13.0. The number of hydrogen-bond acceptors (Lipinski definition) is 6. The largest absolute Gasteiger partial charge is 0.497 e. The summed E-state index contributed by atoms with van der Waals surface area (Å²) in [6, 6.07) is 13.3. The van der Waals surface area contributed by atoms with E-state index in [9.17, 15) is 4.79 Å². The Labute approximate surface area is 175 Å². The van der Waals surface area contributed by atoms with Crippen molar-refractivity contribution in [3.63, 3.8) is 0 Å². The molecule has 7 heteroatoms. The molecule has 0 aromatic heterocycles. The third-order valence-electron chi connectivity index (χ3n) is 4.63. The lowest BCUT2D eigenvalue weighted by Crippen LogP contribution is -2.33. The molecule has 6 nitrogen and oxygen atoms in total. The van der Waals surface area contributed by atoms with E-state index in [1.165, 1.54) is 11.8 Å². The van der Waals surface area contributed by atoms with Crippen LogP contribution in [0.2, 0.25) is 0 Å². The summed E-state index contributed by atoms with van der Waals surface area (Å²) >= 11 is 1.51. The summed E-state index contributed by atoms with van der Waals surface area (Å²) in [6.07, 6.45) is 1.47. The van der Waals surface area contributed by atoms with Crippen LogP contribution in [0.5, 0.6) is 17.2 Å². The Balaban J connectivity index is 1.82. The fourth-order valence-corrected chi connectivity index (χ4v) is 4.37. The zero-order valence-electron chi connectivity index (χ0n) is 17.2. The Morgan fingerprint density at radius 2 is 1.72 bits per heavy atom. The molecular formula is C22H26N2O4S. The molecule has 0 saturated carbocycles. The average molecular weight is 415 g/mol. The van der Waals surface area contributed by atoms with Crippen LogP contribution < -0.4 is 14.2 Å². The molecule has 3 rings (SSSR count). The second-order valence-corrected chi connectivity index (χ2v) is 7.75. The van der Waals surface area contributed by atoms with Crippen LogP contribution >= 0.6 is 11.8 Å². The van der Waals surface area contributed by atoms with Crippen LogP contribution in [0.15, 0.2) is 47.5 Å². The minimum Gasteiger partial charge on any atom is -0.497 e. The van der Waals surface area contributed by atoms with E-state index in [1.54, 1.807) is 26.2 Å². The van der Waals surface area contributed by atoms with Gasteiger partial charge in [0.05, 0.1) is 32.3 Å². The van der Waals surface area contributed by atoms with E-state index in [-0.39, 0.29) is 11.2 Å². The van der Waals surface area contributed by atoms with Crippen LogP contribution in [0.4, 0.5) is 5.69 Å². The van der Waals surface area contributed by atoms with Crippen molar-refractivity contribution >= 4 is 28.5 Å². The summed E-state index contributed by atoms with van der Waals surface area (Å²) in [5.74, 6) is 2.22. The standard InChI is InChI=1S/C22H26N2O4S/c1-5-12-24-21(25)20(14-15-6-11-18(27-3)19(13-15)28-4)29-22(24)23-16-7-9-17(26-2)10-8-16/h6-11,13,20H,5,12,14H2,1-4H3/t20-/m1/s1. The zero-order valence-corrected chi connectivity index (χ0v) is 18.0. The Morgan fingerprint density at radius 1 is 1.00 bits per heavy atom. The van der Waals surface area contributed by atoms with Crippen molar-refractivity contribution < 1.29 is 19.0 Å². The van der Waals surface area contributed by atoms with Gasteiger partial charge in [-0.3, -0.25) is 9.69 Å². The molecular weight excluding hydrogens is 388 g/mol. The second kappa shape index (κ2) is 9.69. The number of nitrogens with zero attached hydrogens (tertiary/aromatic N) is 2. The number of aliphatic imine (C=N–C) groups is 1. The van der Waals surface area contributed by atoms with Gasteiger partial charge in [-0.1, -0.05) is 24.8 Å². The van der Waals surface area contributed by atoms with E-state index in [0.29, 0.717) is 24.5 Å². The number of ether oxygens (including phenoxy) is 3. The molecule has 29 heavy (non-hydrogen) atoms. The van der Waals surface area contributed by atoms with Gasteiger partial charge in [0.2, 0.25) is 5.91 Å². The normalized spacial score (nSPS) is 17.7. The van der Waals surface area contributed by atoms with E-state index in [1.807, 2.05) is 42.5 Å². The number of benzene rings is 2. The molecule has 1 amide bonds. The molecule has 1 fully saturated rings. The first-order valence-electron chi connectivity index (χ1n) is 9.51. The fourth-order valence-electron chi connectivity index (χ4n) is 3.14. The fraction of sp³-hybridized carbons (Fsp3) is 0.364. The van der Waals surface area contributed by atoms with Crippen molar-refractivity contribution in [2.24, 2.45) is 4.99 Å². The Kier molecular flexibility index (Phi) is 7.04. The third kappa shape index (κ3) is 4.85. The maximum Gasteiger partial charge on any atom is 0.242 e. The van der Waals surface area contributed by atoms with Crippen LogP contribution in [-0.2, 0) is 11.2 Å². The van der Waals surface area contributed by atoms with E-state index >= 15 is 0 Å². The summed E-state index contributed by atoms with van der Waals surface area (Å²) in [6.45, 7) is 2.72. The molecule has 1 aliphatic heterocycles. The van der Waals surface area contributed by atoms with Gasteiger partial charge in [-0.15, -0.1) is 0 Å². The molecule has 0 bridgehead atoms. The number of rotatable bonds is 8. The number of hydrogen-bond donors (Lipinski definition) is 0. The van der Waals surface area contributed by atoms with Crippen molar-refractivity contribution in [1.82, 2.24) is 4.90 Å². The number of carbonyl (C=O) groups is 1. The number of methoxy groups -OCH3 is 3. The quantitative estimate of drug-likeness (QED) is 0.645. The van der Waals surface area contributed by atoms with Crippen molar-refractivity contribution in [2.45, 2.75) is 25.0 Å². The van der Waals surface area contributed by atoms with Gasteiger partial charge in [-0.2, -0.15) is 0 Å². The molecule has 1 heterocycles. The smallest absolute Gasteiger partial charge is 0.242 e. The molecule has 154 valence electrons. The Hall–Kier alpha value is -2.67. The van der Waals surface area contributed by atoms with Crippen LogP contribution in [0.1, 0.15) is 18.9 Å². The second-order valence-electron chi connectivity index (χ2n) is 6.58. The van der Waals surface area contributed by atoms with Crippen LogP contribution in [-0.4, -0.2) is 49.1 Å². The highest BCUT2D eigenvalue weighted by atomic mass is 32.2. The van der Waals surface area contributed by atoms with E-state index in [4.69, 9.17) is 19.2 Å². The lowest BCUT2D eigenvalue weighted by atomic mass is 10.1. The van der Waals surface area contributed by atoms with Crippen LogP contribution in [0.3, 0.4) is 0 Å². The number of amides is 1. The maximum absolute atomic E-state index is 13.0. The van der Waals surface area contributed by atoms with E-state index < -0.39 is 0 Å². The van der Waals surface area contributed by atoms with Gasteiger partial charge in [-0.05, 0) is 54.8 Å². The highest BCUT2D eigenvalue weighted by Crippen LogP contribution is 2.34. The highest BCUT2D eigenvalue weighted by molar-refractivity contribution is 8.15. The van der Waals surface area contributed by atoms with Crippen molar-refractivity contribution in [2.75, 3.05) is 27.9 Å². The van der Waals surface area contributed by atoms with Gasteiger partial charge >= 0.3 is 0 Å². The summed E-state index contributed by atoms with van der Waals surface area (Å²) in [7, 11) is 4.85. The van der Waals surface area contributed by atoms with Gasteiger partial charge < -0.3 is 14.2 Å². The van der Waals surface area contributed by atoms with Gasteiger partial charge in [-0.25, -0.2) is 4.99 Å². The Morgan fingerprint density at radius 3 is 2.34 bits per heavy atom. The monoisotopic (exact) mass is 414 g/mol. The van der Waals surface area contributed by atoms with Crippen LogP contribution in [0, 0.1) is 0 Å². The first kappa shape index (κ1) is 21.0. The topological polar surface area (TPSA) is 60.4 Å². The van der Waals surface area contributed by atoms with Gasteiger partial charge in [0, 0.05) is 6.54 Å². The Bertz CT molecular complexity index is 883. The van der Waals surface area contributed by atoms with Gasteiger partial charge in [0.25, 0.3) is 0 Å². The number of thioether (sulfide) groups is 1. The average Bonchev–Trinajstić information content (AvgIpc) is 3.03. The molecule has 2 aromatic carbocycles. The summed E-state index contributed by atoms with van der Waals surface area (Å²) < 4.78 is 15.9. The van der Waals surface area contributed by atoms with Crippen LogP contribution in [0.25, 0.3) is 0 Å². The minimum atomic E-state index is -0.211. The molecule has 0 spiro atoms. The minimum absolute atomic E-state index is 0.0962. The molecule has 1 aliphatic rings. The first-order chi connectivity index (χ1) is 14.1. The van der Waals surface area contributed by atoms with Gasteiger partial charge in [0.1, 0.15) is 5.75 Å². The predicted octanol–water partition coefficient (Wildman–Crippen LogP) is 4.30. The van der Waals surface area contributed by atoms with E-state index in [0.717, 1.165) is 28.6 Å². The molecule has 0 unspecified atom stereocenters. The lowest BCUT2D eigenvalue weighted by molar-refractivity contribution is -0.126. The number of amidine groups is 1. The third-order valence-corrected chi connectivity index (χ3v) is 5.81. The summed E-state index contributed by atoms with van der Waals surface area (Å²) in [4.78, 5) is 19.5. The molecule has 1 saturated heterocycles. The highest BCUT2D eigenvalue weighted by Gasteiger charge is 2.37. The predicted molar refractivity (Wildman–Crippen MR) is 117 cm³/mol. The van der Waals surface area contributed by atoms with Crippen molar-refractivity contribution in [1.29, 1.82) is 0 Å². The molecule has 1 atom stereocenters. The molecule has 0 aliphatic carbocycles. The first-order valence-corrected chi connectivity index (χ1v) is 10.4. The van der Waals surface area contributed by atoms with Crippen molar-refractivity contribution in [3.05, 3.63) is 48.0 Å². The molecule has 0 radical (unpaired) electrons. The number of carbonyl (C=O) groups excluding carboxylic acids is 1. The summed E-state index contributed by atoms with van der Waals surface area (Å²) in [5.41, 5.74) is 1.82. The molecule has 0 N–H and O–H groups in total. The lowest BCUT2D eigenvalue weighted by Gasteiger charge is -2.15. The molecule has 2 aromatic rings. The SMILES string of the molecule is CCCN1C(=O)[C@@H](Cc2ccc(OC)c(OC)c2)SC1=Nc1ccc(OC)cc1. The summed E-state index contributed by atoms with van der Waals surface area (Å²) in [5, 5.41) is 0.532. The zero-order chi connectivity index (χ0) is 20.8.